The molecule has 4 rings (SSSR count). The van der Waals surface area contributed by atoms with E-state index in [1.165, 1.54) is 17.0 Å². The first kappa shape index (κ1) is 32.1. The molecule has 1 unspecified atom stereocenters. The van der Waals surface area contributed by atoms with Crippen molar-refractivity contribution in [2.75, 3.05) is 10.8 Å². The molecule has 0 aliphatic heterocycles. The Balaban J connectivity index is 1.68. The molecule has 1 atom stereocenters. The lowest BCUT2D eigenvalue weighted by Gasteiger charge is -2.33. The van der Waals surface area contributed by atoms with Crippen molar-refractivity contribution in [1.82, 2.24) is 10.2 Å². The Kier molecular flexibility index (Phi) is 10.8. The molecule has 1 saturated carbocycles. The smallest absolute Gasteiger partial charge is 0.264 e. The minimum atomic E-state index is -4.16. The van der Waals surface area contributed by atoms with Gasteiger partial charge in [0.2, 0.25) is 11.8 Å². The summed E-state index contributed by atoms with van der Waals surface area (Å²) >= 11 is 18.4. The summed E-state index contributed by atoms with van der Waals surface area (Å²) in [5.41, 5.74) is 1.81. The Morgan fingerprint density at radius 1 is 0.905 bits per heavy atom. The number of anilines is 1. The van der Waals surface area contributed by atoms with Crippen LogP contribution in [0.25, 0.3) is 0 Å². The van der Waals surface area contributed by atoms with Crippen molar-refractivity contribution in [2.24, 2.45) is 0 Å². The molecule has 0 heterocycles. The Morgan fingerprint density at radius 2 is 1.55 bits per heavy atom. The number of benzene rings is 3. The third-order valence-corrected chi connectivity index (χ3v) is 10.2. The van der Waals surface area contributed by atoms with Gasteiger partial charge in [-0.2, -0.15) is 0 Å². The lowest BCUT2D eigenvalue weighted by molar-refractivity contribution is -0.139. The third kappa shape index (κ3) is 7.98. The standard InChI is InChI=1S/C31H34Cl3N3O4S/c1-21-8-15-27(16-9-21)42(40,41)37(26-13-11-24(32)12-14-26)20-30(38)36(19-23-10-17-28(33)29(34)18-23)22(2)31(39)35-25-6-4-3-5-7-25/h8-18,22,25H,3-7,19-20H2,1-2H3,(H,35,39). The fraction of sp³-hybridized carbons (Fsp3) is 0.355. The second kappa shape index (κ2) is 14.1. The Labute approximate surface area is 262 Å². The van der Waals surface area contributed by atoms with Crippen molar-refractivity contribution in [3.8, 4) is 0 Å². The number of carbonyl (C=O) groups is 2. The van der Waals surface area contributed by atoms with Crippen molar-refractivity contribution in [3.05, 3.63) is 92.9 Å². The highest BCUT2D eigenvalue weighted by Gasteiger charge is 2.33. The van der Waals surface area contributed by atoms with Gasteiger partial charge in [0, 0.05) is 17.6 Å². The molecule has 0 saturated heterocycles. The first-order valence-electron chi connectivity index (χ1n) is 13.8. The average molecular weight is 651 g/mol. The number of rotatable bonds is 10. The van der Waals surface area contributed by atoms with Gasteiger partial charge in [-0.3, -0.25) is 13.9 Å². The van der Waals surface area contributed by atoms with Crippen LogP contribution in [0.15, 0.2) is 71.6 Å². The molecule has 0 spiro atoms. The summed E-state index contributed by atoms with van der Waals surface area (Å²) < 4.78 is 28.9. The minimum absolute atomic E-state index is 0.0218. The maximum absolute atomic E-state index is 14.1. The van der Waals surface area contributed by atoms with Crippen LogP contribution in [0, 0.1) is 6.92 Å². The summed E-state index contributed by atoms with van der Waals surface area (Å²) in [5, 5.41) is 4.18. The summed E-state index contributed by atoms with van der Waals surface area (Å²) in [7, 11) is -4.16. The number of nitrogens with zero attached hydrogens (tertiary/aromatic N) is 2. The highest BCUT2D eigenvalue weighted by atomic mass is 35.5. The molecular formula is C31H34Cl3N3O4S. The average Bonchev–Trinajstić information content (AvgIpc) is 2.97. The number of halogens is 3. The zero-order chi connectivity index (χ0) is 30.4. The van der Waals surface area contributed by atoms with Gasteiger partial charge in [0.1, 0.15) is 12.6 Å². The molecule has 0 radical (unpaired) electrons. The minimum Gasteiger partial charge on any atom is -0.352 e. The second-order valence-electron chi connectivity index (χ2n) is 10.6. The van der Waals surface area contributed by atoms with Gasteiger partial charge in [0.15, 0.2) is 0 Å². The van der Waals surface area contributed by atoms with Crippen LogP contribution in [0.5, 0.6) is 0 Å². The van der Waals surface area contributed by atoms with Crippen LogP contribution in [0.1, 0.15) is 50.2 Å². The molecule has 1 aliphatic carbocycles. The van der Waals surface area contributed by atoms with E-state index in [4.69, 9.17) is 34.8 Å². The molecule has 1 fully saturated rings. The number of sulfonamides is 1. The molecule has 1 N–H and O–H groups in total. The van der Waals surface area contributed by atoms with E-state index in [1.807, 2.05) is 6.92 Å². The molecule has 42 heavy (non-hydrogen) atoms. The zero-order valence-electron chi connectivity index (χ0n) is 23.5. The van der Waals surface area contributed by atoms with Crippen LogP contribution < -0.4 is 9.62 Å². The molecule has 224 valence electrons. The fourth-order valence-electron chi connectivity index (χ4n) is 4.96. The quantitative estimate of drug-likeness (QED) is 0.256. The summed E-state index contributed by atoms with van der Waals surface area (Å²) in [4.78, 5) is 28.9. The molecule has 0 bridgehead atoms. The van der Waals surface area contributed by atoms with Crippen LogP contribution >= 0.6 is 34.8 Å². The van der Waals surface area contributed by atoms with Crippen molar-refractivity contribution in [2.45, 2.75) is 69.5 Å². The van der Waals surface area contributed by atoms with Crippen molar-refractivity contribution < 1.29 is 18.0 Å². The number of hydrogen-bond donors (Lipinski definition) is 1. The molecule has 3 aromatic carbocycles. The lowest BCUT2D eigenvalue weighted by Crippen LogP contribution is -2.53. The largest absolute Gasteiger partial charge is 0.352 e. The molecule has 0 aromatic heterocycles. The van der Waals surface area contributed by atoms with Gasteiger partial charge in [-0.1, -0.05) is 77.8 Å². The van der Waals surface area contributed by atoms with E-state index in [0.717, 1.165) is 42.0 Å². The normalized spacial score (nSPS) is 14.7. The summed E-state index contributed by atoms with van der Waals surface area (Å²) in [5.74, 6) is -0.854. The van der Waals surface area contributed by atoms with Crippen LogP contribution in [-0.4, -0.2) is 43.8 Å². The summed E-state index contributed by atoms with van der Waals surface area (Å²) in [6.45, 7) is 2.99. The molecular weight excluding hydrogens is 617 g/mol. The summed E-state index contributed by atoms with van der Waals surface area (Å²) in [6.07, 6.45) is 4.99. The zero-order valence-corrected chi connectivity index (χ0v) is 26.6. The van der Waals surface area contributed by atoms with Gasteiger partial charge in [-0.25, -0.2) is 8.42 Å². The predicted octanol–water partition coefficient (Wildman–Crippen LogP) is 7.02. The van der Waals surface area contributed by atoms with Crippen molar-refractivity contribution >= 4 is 62.3 Å². The van der Waals surface area contributed by atoms with Crippen LogP contribution in [-0.2, 0) is 26.2 Å². The highest BCUT2D eigenvalue weighted by Crippen LogP contribution is 2.28. The van der Waals surface area contributed by atoms with E-state index in [9.17, 15) is 18.0 Å². The first-order valence-corrected chi connectivity index (χ1v) is 16.4. The van der Waals surface area contributed by atoms with Crippen molar-refractivity contribution in [3.63, 3.8) is 0 Å². The van der Waals surface area contributed by atoms with E-state index < -0.39 is 28.5 Å². The third-order valence-electron chi connectivity index (χ3n) is 7.46. The molecule has 11 heteroatoms. The number of carbonyl (C=O) groups excluding carboxylic acids is 2. The van der Waals surface area contributed by atoms with Gasteiger partial charge >= 0.3 is 0 Å². The van der Waals surface area contributed by atoms with E-state index in [0.29, 0.717) is 20.6 Å². The van der Waals surface area contributed by atoms with Crippen LogP contribution in [0.4, 0.5) is 5.69 Å². The highest BCUT2D eigenvalue weighted by molar-refractivity contribution is 7.92. The molecule has 3 aromatic rings. The van der Waals surface area contributed by atoms with Gasteiger partial charge < -0.3 is 10.2 Å². The van der Waals surface area contributed by atoms with E-state index in [-0.39, 0.29) is 29.1 Å². The maximum atomic E-state index is 14.1. The number of amides is 2. The van der Waals surface area contributed by atoms with E-state index in [2.05, 4.69) is 5.32 Å². The predicted molar refractivity (Wildman–Crippen MR) is 169 cm³/mol. The second-order valence-corrected chi connectivity index (χ2v) is 13.7. The Bertz CT molecular complexity index is 1510. The number of aryl methyl sites for hydroxylation is 1. The van der Waals surface area contributed by atoms with E-state index >= 15 is 0 Å². The SMILES string of the molecule is Cc1ccc(S(=O)(=O)N(CC(=O)N(Cc2ccc(Cl)c(Cl)c2)C(C)C(=O)NC2CCCCC2)c2ccc(Cl)cc2)cc1. The van der Waals surface area contributed by atoms with Gasteiger partial charge in [-0.15, -0.1) is 0 Å². The maximum Gasteiger partial charge on any atom is 0.264 e. The number of hydrogen-bond acceptors (Lipinski definition) is 4. The topological polar surface area (TPSA) is 86.8 Å². The first-order chi connectivity index (χ1) is 20.0. The molecule has 2 amide bonds. The lowest BCUT2D eigenvalue weighted by atomic mass is 9.95. The number of nitrogens with one attached hydrogen (secondary N) is 1. The van der Waals surface area contributed by atoms with Gasteiger partial charge in [-0.05, 0) is 80.8 Å². The van der Waals surface area contributed by atoms with Gasteiger partial charge in [0.25, 0.3) is 10.0 Å². The van der Waals surface area contributed by atoms with Crippen LogP contribution in [0.3, 0.4) is 0 Å². The Morgan fingerprint density at radius 3 is 2.17 bits per heavy atom. The summed E-state index contributed by atoms with van der Waals surface area (Å²) in [6, 6.07) is 16.8. The monoisotopic (exact) mass is 649 g/mol. The van der Waals surface area contributed by atoms with Crippen LogP contribution in [0.2, 0.25) is 15.1 Å². The van der Waals surface area contributed by atoms with E-state index in [1.54, 1.807) is 61.5 Å². The molecule has 1 aliphatic rings. The molecule has 7 nitrogen and oxygen atoms in total. The van der Waals surface area contributed by atoms with Crippen molar-refractivity contribution in [1.29, 1.82) is 0 Å². The fourth-order valence-corrected chi connectivity index (χ4v) is 6.82. The van der Waals surface area contributed by atoms with Gasteiger partial charge in [0.05, 0.1) is 20.6 Å². The Hall–Kier alpha value is -2.78.